The number of rotatable bonds is 2. The van der Waals surface area contributed by atoms with Gasteiger partial charge in [0.15, 0.2) is 0 Å². The Labute approximate surface area is 131 Å². The van der Waals surface area contributed by atoms with Crippen LogP contribution < -0.4 is 10.1 Å². The van der Waals surface area contributed by atoms with Gasteiger partial charge >= 0.3 is 0 Å². The lowest BCUT2D eigenvalue weighted by Gasteiger charge is -2.37. The summed E-state index contributed by atoms with van der Waals surface area (Å²) >= 11 is 3.49. The number of carbonyl (C=O) groups excluding carboxylic acids is 2. The molecule has 2 aliphatic rings. The number of piperazine rings is 1. The second kappa shape index (κ2) is 5.02. The Kier molecular flexibility index (Phi) is 3.43. The highest BCUT2D eigenvalue weighted by molar-refractivity contribution is 9.10. The van der Waals surface area contributed by atoms with E-state index >= 15 is 0 Å². The third-order valence-corrected chi connectivity index (χ3v) is 4.25. The lowest BCUT2D eigenvalue weighted by Crippen LogP contribution is -2.63. The Balaban J connectivity index is 1.90. The Morgan fingerprint density at radius 2 is 2.14 bits per heavy atom. The van der Waals surface area contributed by atoms with Crippen LogP contribution >= 0.6 is 15.9 Å². The molecule has 6 heteroatoms. The maximum Gasteiger partial charge on any atom is 0.248 e. The summed E-state index contributed by atoms with van der Waals surface area (Å²) in [6.07, 6.45) is 0.877. The molecule has 0 saturated carbocycles. The maximum atomic E-state index is 12.4. The number of carbonyl (C=O) groups is 2. The molecule has 2 aliphatic heterocycles. The molecule has 2 heterocycles. The van der Waals surface area contributed by atoms with Crippen LogP contribution in [0.15, 0.2) is 16.6 Å². The van der Waals surface area contributed by atoms with Gasteiger partial charge in [-0.15, -0.1) is 0 Å². The predicted molar refractivity (Wildman–Crippen MR) is 81.0 cm³/mol. The summed E-state index contributed by atoms with van der Waals surface area (Å²) in [5.74, 6) is 0.649. The SMILES string of the molecule is CC1(C)NC(=O)CN(Cc2cc(Br)cc3c2OCC3)C1=O. The summed E-state index contributed by atoms with van der Waals surface area (Å²) in [5.41, 5.74) is 1.23. The Morgan fingerprint density at radius 1 is 1.38 bits per heavy atom. The summed E-state index contributed by atoms with van der Waals surface area (Å²) in [7, 11) is 0. The van der Waals surface area contributed by atoms with Gasteiger partial charge in [0.1, 0.15) is 11.3 Å². The summed E-state index contributed by atoms with van der Waals surface area (Å²) in [5, 5.41) is 2.71. The van der Waals surface area contributed by atoms with Gasteiger partial charge in [0.2, 0.25) is 11.8 Å². The van der Waals surface area contributed by atoms with E-state index in [0.29, 0.717) is 13.2 Å². The van der Waals surface area contributed by atoms with E-state index in [2.05, 4.69) is 21.2 Å². The first-order valence-electron chi connectivity index (χ1n) is 6.91. The predicted octanol–water partition coefficient (Wildman–Crippen LogP) is 1.62. The van der Waals surface area contributed by atoms with E-state index in [1.54, 1.807) is 18.7 Å². The summed E-state index contributed by atoms with van der Waals surface area (Å²) < 4.78 is 6.65. The number of hydrogen-bond acceptors (Lipinski definition) is 3. The van der Waals surface area contributed by atoms with Crippen LogP contribution in [0, 0.1) is 0 Å². The van der Waals surface area contributed by atoms with Gasteiger partial charge in [0.05, 0.1) is 13.2 Å². The van der Waals surface area contributed by atoms with E-state index < -0.39 is 5.54 Å². The molecule has 1 saturated heterocycles. The number of nitrogens with one attached hydrogen (secondary N) is 1. The molecule has 1 N–H and O–H groups in total. The highest BCUT2D eigenvalue weighted by Crippen LogP contribution is 2.34. The number of benzene rings is 1. The van der Waals surface area contributed by atoms with Crippen LogP contribution in [0.5, 0.6) is 5.75 Å². The van der Waals surface area contributed by atoms with E-state index in [-0.39, 0.29) is 18.4 Å². The fourth-order valence-corrected chi connectivity index (χ4v) is 3.43. The standard InChI is InChI=1S/C15H17BrN2O3/c1-15(2)14(20)18(8-12(19)17-15)7-10-6-11(16)5-9-3-4-21-13(9)10/h5-6H,3-4,7-8H2,1-2H3,(H,17,19). The maximum absolute atomic E-state index is 12.4. The van der Waals surface area contributed by atoms with Gasteiger partial charge in [-0.05, 0) is 31.5 Å². The van der Waals surface area contributed by atoms with E-state index in [9.17, 15) is 9.59 Å². The van der Waals surface area contributed by atoms with Crippen molar-refractivity contribution in [3.63, 3.8) is 0 Å². The fourth-order valence-electron chi connectivity index (χ4n) is 2.88. The van der Waals surface area contributed by atoms with Gasteiger partial charge < -0.3 is 15.0 Å². The van der Waals surface area contributed by atoms with Crippen LogP contribution in [0.3, 0.4) is 0 Å². The van der Waals surface area contributed by atoms with Gasteiger partial charge in [-0.2, -0.15) is 0 Å². The van der Waals surface area contributed by atoms with Crippen LogP contribution in [0.25, 0.3) is 0 Å². The van der Waals surface area contributed by atoms with Crippen LogP contribution in [0.1, 0.15) is 25.0 Å². The molecule has 0 radical (unpaired) electrons. The Bertz CT molecular complexity index is 628. The minimum atomic E-state index is -0.856. The topological polar surface area (TPSA) is 58.6 Å². The highest BCUT2D eigenvalue weighted by Gasteiger charge is 2.39. The summed E-state index contributed by atoms with van der Waals surface area (Å²) in [6.45, 7) is 4.59. The smallest absolute Gasteiger partial charge is 0.248 e. The van der Waals surface area contributed by atoms with Crippen molar-refractivity contribution in [2.45, 2.75) is 32.4 Å². The molecule has 0 unspecified atom stereocenters. The van der Waals surface area contributed by atoms with Crippen LogP contribution in [-0.2, 0) is 22.6 Å². The number of hydrogen-bond donors (Lipinski definition) is 1. The van der Waals surface area contributed by atoms with E-state index in [1.807, 2.05) is 12.1 Å². The van der Waals surface area contributed by atoms with Crippen molar-refractivity contribution < 1.29 is 14.3 Å². The third-order valence-electron chi connectivity index (χ3n) is 3.79. The molecule has 1 aromatic carbocycles. The summed E-state index contributed by atoms with van der Waals surface area (Å²) in [4.78, 5) is 25.8. The number of nitrogens with zero attached hydrogens (tertiary/aromatic N) is 1. The van der Waals surface area contributed by atoms with Crippen molar-refractivity contribution in [1.29, 1.82) is 0 Å². The van der Waals surface area contributed by atoms with Crippen molar-refractivity contribution in [2.24, 2.45) is 0 Å². The van der Waals surface area contributed by atoms with E-state index in [1.165, 1.54) is 0 Å². The van der Waals surface area contributed by atoms with Crippen molar-refractivity contribution in [3.05, 3.63) is 27.7 Å². The van der Waals surface area contributed by atoms with Crippen LogP contribution in [-0.4, -0.2) is 35.4 Å². The first kappa shape index (κ1) is 14.4. The van der Waals surface area contributed by atoms with Gasteiger partial charge in [-0.25, -0.2) is 0 Å². The Hall–Kier alpha value is -1.56. The molecule has 3 rings (SSSR count). The molecule has 21 heavy (non-hydrogen) atoms. The third kappa shape index (κ3) is 2.64. The molecule has 0 atom stereocenters. The number of fused-ring (bicyclic) bond motifs is 1. The molecule has 0 aliphatic carbocycles. The number of halogens is 1. The molecule has 1 fully saturated rings. The van der Waals surface area contributed by atoms with Crippen LogP contribution in [0.4, 0.5) is 0 Å². The van der Waals surface area contributed by atoms with E-state index in [4.69, 9.17) is 4.74 Å². The second-order valence-electron chi connectivity index (χ2n) is 5.99. The largest absolute Gasteiger partial charge is 0.493 e. The van der Waals surface area contributed by atoms with Crippen LogP contribution in [0.2, 0.25) is 0 Å². The quantitative estimate of drug-likeness (QED) is 0.879. The molecule has 0 bridgehead atoms. The first-order chi connectivity index (χ1) is 9.87. The summed E-state index contributed by atoms with van der Waals surface area (Å²) in [6, 6.07) is 4.00. The molecule has 1 aromatic rings. The van der Waals surface area contributed by atoms with Crippen molar-refractivity contribution in [2.75, 3.05) is 13.2 Å². The molecular formula is C15H17BrN2O3. The van der Waals surface area contributed by atoms with Gasteiger partial charge in [0, 0.05) is 23.0 Å². The minimum absolute atomic E-state index is 0.0752. The number of ether oxygens (including phenoxy) is 1. The second-order valence-corrected chi connectivity index (χ2v) is 6.90. The van der Waals surface area contributed by atoms with Gasteiger partial charge in [-0.1, -0.05) is 15.9 Å². The fraction of sp³-hybridized carbons (Fsp3) is 0.467. The molecule has 2 amide bonds. The van der Waals surface area contributed by atoms with Crippen molar-refractivity contribution in [1.82, 2.24) is 10.2 Å². The molecule has 5 nitrogen and oxygen atoms in total. The van der Waals surface area contributed by atoms with Crippen molar-refractivity contribution >= 4 is 27.7 Å². The lowest BCUT2D eigenvalue weighted by molar-refractivity contribution is -0.148. The van der Waals surface area contributed by atoms with Crippen molar-refractivity contribution in [3.8, 4) is 5.75 Å². The lowest BCUT2D eigenvalue weighted by atomic mass is 9.99. The molecule has 0 spiro atoms. The average molecular weight is 353 g/mol. The zero-order valence-electron chi connectivity index (χ0n) is 12.0. The monoisotopic (exact) mass is 352 g/mol. The number of amides is 2. The average Bonchev–Trinajstić information content (AvgIpc) is 2.82. The molecule has 0 aromatic heterocycles. The minimum Gasteiger partial charge on any atom is -0.493 e. The normalized spacial score (nSPS) is 20.0. The zero-order chi connectivity index (χ0) is 15.2. The Morgan fingerprint density at radius 3 is 2.90 bits per heavy atom. The van der Waals surface area contributed by atoms with Gasteiger partial charge in [-0.3, -0.25) is 9.59 Å². The first-order valence-corrected chi connectivity index (χ1v) is 7.70. The highest BCUT2D eigenvalue weighted by atomic mass is 79.9. The zero-order valence-corrected chi connectivity index (χ0v) is 13.6. The molecule has 112 valence electrons. The molecular weight excluding hydrogens is 336 g/mol. The van der Waals surface area contributed by atoms with E-state index in [0.717, 1.165) is 27.8 Å². The van der Waals surface area contributed by atoms with Gasteiger partial charge in [0.25, 0.3) is 0 Å².